The first-order valence-corrected chi connectivity index (χ1v) is 14.7. The van der Waals surface area contributed by atoms with E-state index in [0.29, 0.717) is 18.1 Å². The van der Waals surface area contributed by atoms with Crippen LogP contribution in [0.15, 0.2) is 114 Å². The van der Waals surface area contributed by atoms with Crippen LogP contribution in [-0.2, 0) is 35.8 Å². The highest BCUT2D eigenvalue weighted by Crippen LogP contribution is 2.33. The van der Waals surface area contributed by atoms with Crippen LogP contribution in [0.25, 0.3) is 6.08 Å². The number of carboxylic acid groups (broad SMARTS) is 1. The Bertz CT molecular complexity index is 1540. The minimum Gasteiger partial charge on any atom is -0.489 e. The fourth-order valence-corrected chi connectivity index (χ4v) is 5.96. The standard InChI is InChI=1S/C34H30N2O4S2/c37-32(38)23-36-33(39)31(42-34(36)41)19-28-16-17-30(40-24-27-14-8-3-9-15-27)29(18-28)22-35(20-25-10-4-1-5-11-25)21-26-12-6-2-7-13-26/h1-19H,20-24H2,(H,37,38)/b31-19-. The number of nitrogens with zero attached hydrogens (tertiary/aromatic N) is 2. The predicted molar refractivity (Wildman–Crippen MR) is 171 cm³/mol. The number of carbonyl (C=O) groups excluding carboxylic acids is 1. The SMILES string of the molecule is O=C(O)CN1C(=O)/C(=C/c2ccc(OCc3ccccc3)c(CN(Cc3ccccc3)Cc3ccccc3)c2)SC1=S. The van der Waals surface area contributed by atoms with Crippen molar-refractivity contribution < 1.29 is 19.4 Å². The topological polar surface area (TPSA) is 70.1 Å². The van der Waals surface area contributed by atoms with E-state index in [1.807, 2.05) is 84.9 Å². The number of carbonyl (C=O) groups is 2. The molecule has 8 heteroatoms. The molecule has 1 fully saturated rings. The van der Waals surface area contributed by atoms with Crippen molar-refractivity contribution in [2.24, 2.45) is 0 Å². The molecule has 6 nitrogen and oxygen atoms in total. The van der Waals surface area contributed by atoms with Crippen LogP contribution in [0.4, 0.5) is 0 Å². The van der Waals surface area contributed by atoms with Crippen LogP contribution in [0.2, 0.25) is 0 Å². The Kier molecular flexibility index (Phi) is 9.82. The average Bonchev–Trinajstić information content (AvgIpc) is 3.25. The molecule has 0 radical (unpaired) electrons. The van der Waals surface area contributed by atoms with Crippen molar-refractivity contribution in [1.82, 2.24) is 9.80 Å². The zero-order chi connectivity index (χ0) is 29.3. The highest BCUT2D eigenvalue weighted by Gasteiger charge is 2.33. The third-order valence-corrected chi connectivity index (χ3v) is 8.06. The van der Waals surface area contributed by atoms with Crippen LogP contribution in [0.5, 0.6) is 5.75 Å². The molecule has 0 bridgehead atoms. The fourth-order valence-electron chi connectivity index (χ4n) is 4.70. The van der Waals surface area contributed by atoms with Gasteiger partial charge in [-0.15, -0.1) is 0 Å². The summed E-state index contributed by atoms with van der Waals surface area (Å²) < 4.78 is 6.58. The molecule has 0 saturated carbocycles. The molecule has 42 heavy (non-hydrogen) atoms. The van der Waals surface area contributed by atoms with Gasteiger partial charge < -0.3 is 9.84 Å². The molecule has 1 aliphatic rings. The van der Waals surface area contributed by atoms with Crippen molar-refractivity contribution in [2.45, 2.75) is 26.2 Å². The molecule has 1 aliphatic heterocycles. The van der Waals surface area contributed by atoms with Crippen LogP contribution in [0.3, 0.4) is 0 Å². The number of hydrogen-bond donors (Lipinski definition) is 1. The maximum Gasteiger partial charge on any atom is 0.323 e. The van der Waals surface area contributed by atoms with Gasteiger partial charge in [-0.3, -0.25) is 19.4 Å². The second kappa shape index (κ2) is 14.1. The van der Waals surface area contributed by atoms with E-state index in [-0.39, 0.29) is 4.32 Å². The number of thiocarbonyl (C=S) groups is 1. The first kappa shape index (κ1) is 29.3. The summed E-state index contributed by atoms with van der Waals surface area (Å²) >= 11 is 6.39. The van der Waals surface area contributed by atoms with Gasteiger partial charge in [-0.2, -0.15) is 0 Å². The molecule has 1 N–H and O–H groups in total. The number of benzene rings is 4. The molecule has 0 aromatic heterocycles. The molecule has 4 aromatic carbocycles. The first-order chi connectivity index (χ1) is 20.4. The summed E-state index contributed by atoms with van der Waals surface area (Å²) in [5, 5.41) is 9.18. The van der Waals surface area contributed by atoms with Gasteiger partial charge in [-0.1, -0.05) is 121 Å². The van der Waals surface area contributed by atoms with Crippen molar-refractivity contribution in [3.8, 4) is 5.75 Å². The molecule has 0 atom stereocenters. The Labute approximate surface area is 255 Å². The molecule has 0 spiro atoms. The fraction of sp³-hybridized carbons (Fsp3) is 0.147. The smallest absolute Gasteiger partial charge is 0.323 e. The lowest BCUT2D eigenvalue weighted by molar-refractivity contribution is -0.140. The molecule has 1 amide bonds. The second-order valence-corrected chi connectivity index (χ2v) is 11.6. The lowest BCUT2D eigenvalue weighted by Crippen LogP contribution is -2.33. The van der Waals surface area contributed by atoms with Crippen LogP contribution >= 0.6 is 24.0 Å². The molecule has 5 rings (SSSR count). The predicted octanol–water partition coefficient (Wildman–Crippen LogP) is 6.75. The Morgan fingerprint density at radius 3 is 1.98 bits per heavy atom. The van der Waals surface area contributed by atoms with Gasteiger partial charge in [-0.25, -0.2) is 0 Å². The summed E-state index contributed by atoms with van der Waals surface area (Å²) in [5.74, 6) is -0.736. The molecule has 4 aromatic rings. The summed E-state index contributed by atoms with van der Waals surface area (Å²) in [6, 6.07) is 36.6. The van der Waals surface area contributed by atoms with Crippen LogP contribution in [0.1, 0.15) is 27.8 Å². The van der Waals surface area contributed by atoms with E-state index in [0.717, 1.165) is 52.2 Å². The number of amides is 1. The number of carboxylic acids is 1. The Morgan fingerprint density at radius 1 is 0.833 bits per heavy atom. The quantitative estimate of drug-likeness (QED) is 0.144. The van der Waals surface area contributed by atoms with Gasteiger partial charge in [0, 0.05) is 25.2 Å². The van der Waals surface area contributed by atoms with Gasteiger partial charge in [0.15, 0.2) is 0 Å². The summed E-state index contributed by atoms with van der Waals surface area (Å²) in [5.41, 5.74) is 5.27. The lowest BCUT2D eigenvalue weighted by Gasteiger charge is -2.24. The molecule has 0 unspecified atom stereocenters. The van der Waals surface area contributed by atoms with Crippen molar-refractivity contribution in [3.63, 3.8) is 0 Å². The van der Waals surface area contributed by atoms with Crippen LogP contribution in [0, 0.1) is 0 Å². The van der Waals surface area contributed by atoms with E-state index < -0.39 is 18.4 Å². The van der Waals surface area contributed by atoms with E-state index in [2.05, 4.69) is 29.2 Å². The van der Waals surface area contributed by atoms with E-state index in [4.69, 9.17) is 17.0 Å². The summed E-state index contributed by atoms with van der Waals surface area (Å²) in [6.07, 6.45) is 1.77. The molecule has 1 saturated heterocycles. The van der Waals surface area contributed by atoms with Crippen molar-refractivity contribution in [3.05, 3.63) is 142 Å². The number of rotatable bonds is 12. The van der Waals surface area contributed by atoms with Gasteiger partial charge in [0.05, 0.1) is 4.91 Å². The normalized spacial score (nSPS) is 14.1. The van der Waals surface area contributed by atoms with Gasteiger partial charge in [0.2, 0.25) is 0 Å². The third kappa shape index (κ3) is 7.94. The zero-order valence-corrected chi connectivity index (χ0v) is 24.5. The number of hydrogen-bond acceptors (Lipinski definition) is 6. The van der Waals surface area contributed by atoms with E-state index in [9.17, 15) is 14.7 Å². The second-order valence-electron chi connectivity index (χ2n) is 9.92. The largest absolute Gasteiger partial charge is 0.489 e. The summed E-state index contributed by atoms with van der Waals surface area (Å²) in [4.78, 5) is 28.0. The van der Waals surface area contributed by atoms with Gasteiger partial charge in [-0.05, 0) is 40.5 Å². The Balaban J connectivity index is 1.46. The Morgan fingerprint density at radius 2 is 1.40 bits per heavy atom. The highest BCUT2D eigenvalue weighted by molar-refractivity contribution is 8.26. The third-order valence-electron chi connectivity index (χ3n) is 6.68. The van der Waals surface area contributed by atoms with Crippen LogP contribution < -0.4 is 4.74 Å². The molecular weight excluding hydrogens is 565 g/mol. The van der Waals surface area contributed by atoms with Crippen molar-refractivity contribution in [2.75, 3.05) is 6.54 Å². The summed E-state index contributed by atoms with van der Waals surface area (Å²) in [7, 11) is 0. The van der Waals surface area contributed by atoms with Gasteiger partial charge in [0.1, 0.15) is 23.2 Å². The number of thioether (sulfide) groups is 1. The van der Waals surface area contributed by atoms with Crippen molar-refractivity contribution in [1.29, 1.82) is 0 Å². The summed E-state index contributed by atoms with van der Waals surface area (Å²) in [6.45, 7) is 2.07. The Hall–Kier alpha value is -4.24. The zero-order valence-electron chi connectivity index (χ0n) is 22.9. The minimum absolute atomic E-state index is 0.244. The van der Waals surface area contributed by atoms with Gasteiger partial charge >= 0.3 is 5.97 Å². The minimum atomic E-state index is -1.10. The highest BCUT2D eigenvalue weighted by atomic mass is 32.2. The maximum atomic E-state index is 12.9. The number of ether oxygens (including phenoxy) is 1. The maximum absolute atomic E-state index is 12.9. The van der Waals surface area contributed by atoms with Crippen LogP contribution in [-0.4, -0.2) is 37.6 Å². The van der Waals surface area contributed by atoms with Crippen molar-refractivity contribution >= 4 is 46.3 Å². The van der Waals surface area contributed by atoms with E-state index in [1.165, 1.54) is 11.1 Å². The lowest BCUT2D eigenvalue weighted by atomic mass is 10.1. The number of aliphatic carboxylic acids is 1. The molecule has 0 aliphatic carbocycles. The van der Waals surface area contributed by atoms with Gasteiger partial charge in [0.25, 0.3) is 5.91 Å². The van der Waals surface area contributed by atoms with E-state index in [1.54, 1.807) is 6.08 Å². The average molecular weight is 595 g/mol. The first-order valence-electron chi connectivity index (χ1n) is 13.5. The molecule has 212 valence electrons. The molecular formula is C34H30N2O4S2. The molecule has 1 heterocycles. The van der Waals surface area contributed by atoms with E-state index >= 15 is 0 Å². The monoisotopic (exact) mass is 594 g/mol.